The van der Waals surface area contributed by atoms with Gasteiger partial charge in [-0.25, -0.2) is 4.79 Å². The van der Waals surface area contributed by atoms with Crippen molar-refractivity contribution in [2.24, 2.45) is 18.9 Å². The van der Waals surface area contributed by atoms with Crippen molar-refractivity contribution < 1.29 is 9.59 Å². The van der Waals surface area contributed by atoms with E-state index in [2.05, 4.69) is 41.4 Å². The van der Waals surface area contributed by atoms with Crippen molar-refractivity contribution in [1.29, 1.82) is 0 Å². The molecule has 8 heteroatoms. The molecule has 2 aliphatic heterocycles. The van der Waals surface area contributed by atoms with Gasteiger partial charge >= 0.3 is 6.03 Å². The number of urea groups is 1. The standard InChI is InChI=1S/C23H33N5O2S/c1-17(2)13-23(19-6-9-27(10-7-19)16-18-14-24-26(3)15-18)21(29)28(22(30)25-23)11-8-20-5-4-12-31-20/h4-5,12,14-15,17,19H,6-11,13,16H2,1-3H3,(H,25,30). The first-order chi connectivity index (χ1) is 14.9. The highest BCUT2D eigenvalue weighted by atomic mass is 32.1. The Hall–Kier alpha value is -2.19. The molecular formula is C23H33N5O2S. The van der Waals surface area contributed by atoms with Gasteiger partial charge in [-0.3, -0.25) is 19.3 Å². The molecule has 1 unspecified atom stereocenters. The average Bonchev–Trinajstić information content (AvgIpc) is 3.43. The topological polar surface area (TPSA) is 70.5 Å². The third-order valence-electron chi connectivity index (χ3n) is 6.54. The summed E-state index contributed by atoms with van der Waals surface area (Å²) in [7, 11) is 1.93. The molecule has 7 nitrogen and oxygen atoms in total. The van der Waals surface area contributed by atoms with Crippen LogP contribution in [-0.4, -0.2) is 56.7 Å². The van der Waals surface area contributed by atoms with Crippen molar-refractivity contribution in [2.75, 3.05) is 19.6 Å². The quantitative estimate of drug-likeness (QED) is 0.636. The molecule has 0 aliphatic carbocycles. The predicted molar refractivity (Wildman–Crippen MR) is 122 cm³/mol. The van der Waals surface area contributed by atoms with E-state index in [1.54, 1.807) is 11.3 Å². The maximum absolute atomic E-state index is 13.6. The fourth-order valence-electron chi connectivity index (χ4n) is 5.15. The number of imide groups is 1. The molecule has 2 saturated heterocycles. The van der Waals surface area contributed by atoms with Gasteiger partial charge in [-0.15, -0.1) is 11.3 Å². The van der Waals surface area contributed by atoms with Gasteiger partial charge < -0.3 is 5.32 Å². The predicted octanol–water partition coefficient (Wildman–Crippen LogP) is 3.27. The van der Waals surface area contributed by atoms with Crippen molar-refractivity contribution in [3.8, 4) is 0 Å². The van der Waals surface area contributed by atoms with Gasteiger partial charge in [0.2, 0.25) is 0 Å². The van der Waals surface area contributed by atoms with Crippen LogP contribution in [0.5, 0.6) is 0 Å². The molecule has 4 rings (SSSR count). The Bertz CT molecular complexity index is 901. The zero-order valence-corrected chi connectivity index (χ0v) is 19.5. The van der Waals surface area contributed by atoms with Crippen molar-refractivity contribution in [3.63, 3.8) is 0 Å². The van der Waals surface area contributed by atoms with Gasteiger partial charge in [0.1, 0.15) is 5.54 Å². The van der Waals surface area contributed by atoms with Gasteiger partial charge in [0, 0.05) is 36.8 Å². The number of thiophene rings is 1. The van der Waals surface area contributed by atoms with Crippen LogP contribution in [-0.2, 0) is 24.8 Å². The molecule has 4 heterocycles. The van der Waals surface area contributed by atoms with E-state index in [1.807, 2.05) is 29.4 Å². The Kier molecular flexibility index (Phi) is 6.48. The number of likely N-dealkylation sites (tertiary alicyclic amines) is 1. The summed E-state index contributed by atoms with van der Waals surface area (Å²) in [6.07, 6.45) is 7.21. The van der Waals surface area contributed by atoms with E-state index in [9.17, 15) is 9.59 Å². The number of piperidine rings is 1. The molecule has 0 aromatic carbocycles. The number of aromatic nitrogens is 2. The van der Waals surface area contributed by atoms with Gasteiger partial charge in [-0.1, -0.05) is 19.9 Å². The number of amides is 3. The van der Waals surface area contributed by atoms with Crippen LogP contribution in [0.15, 0.2) is 29.9 Å². The molecule has 2 aromatic rings. The second-order valence-corrected chi connectivity index (χ2v) is 10.4. The molecule has 0 spiro atoms. The molecule has 2 aliphatic rings. The number of aryl methyl sites for hydroxylation is 1. The minimum Gasteiger partial charge on any atom is -0.323 e. The van der Waals surface area contributed by atoms with Crippen LogP contribution in [0.25, 0.3) is 0 Å². The van der Waals surface area contributed by atoms with Gasteiger partial charge in [0.15, 0.2) is 0 Å². The smallest absolute Gasteiger partial charge is 0.323 e. The number of nitrogens with one attached hydrogen (secondary N) is 1. The summed E-state index contributed by atoms with van der Waals surface area (Å²) in [5, 5.41) is 9.47. The number of hydrogen-bond donors (Lipinski definition) is 1. The van der Waals surface area contributed by atoms with Crippen molar-refractivity contribution >= 4 is 23.3 Å². The largest absolute Gasteiger partial charge is 0.325 e. The fraction of sp³-hybridized carbons (Fsp3) is 0.609. The maximum Gasteiger partial charge on any atom is 0.325 e. The molecule has 0 radical (unpaired) electrons. The normalized spacial score (nSPS) is 23.2. The second kappa shape index (κ2) is 9.12. The van der Waals surface area contributed by atoms with Crippen LogP contribution in [0, 0.1) is 11.8 Å². The molecule has 0 bridgehead atoms. The minimum absolute atomic E-state index is 0.0199. The van der Waals surface area contributed by atoms with Crippen molar-refractivity contribution in [2.45, 2.75) is 51.6 Å². The fourth-order valence-corrected chi connectivity index (χ4v) is 5.84. The lowest BCUT2D eigenvalue weighted by molar-refractivity contribution is -0.134. The number of rotatable bonds is 8. The molecule has 168 valence electrons. The number of hydrogen-bond acceptors (Lipinski definition) is 5. The van der Waals surface area contributed by atoms with E-state index in [0.717, 1.165) is 38.9 Å². The second-order valence-electron chi connectivity index (χ2n) is 9.36. The van der Waals surface area contributed by atoms with Gasteiger partial charge in [-0.05, 0) is 62.1 Å². The van der Waals surface area contributed by atoms with E-state index >= 15 is 0 Å². The average molecular weight is 444 g/mol. The van der Waals surface area contributed by atoms with E-state index in [0.29, 0.717) is 18.9 Å². The highest BCUT2D eigenvalue weighted by molar-refractivity contribution is 7.09. The summed E-state index contributed by atoms with van der Waals surface area (Å²) in [6, 6.07) is 3.84. The zero-order valence-electron chi connectivity index (χ0n) is 18.7. The van der Waals surface area contributed by atoms with E-state index < -0.39 is 5.54 Å². The van der Waals surface area contributed by atoms with Crippen molar-refractivity contribution in [1.82, 2.24) is 24.9 Å². The van der Waals surface area contributed by atoms with Crippen molar-refractivity contribution in [3.05, 3.63) is 40.3 Å². The Morgan fingerprint density at radius 1 is 1.29 bits per heavy atom. The molecule has 0 saturated carbocycles. The van der Waals surface area contributed by atoms with Gasteiger partial charge in [0.25, 0.3) is 5.91 Å². The SMILES string of the molecule is CC(C)CC1(C2CCN(Cc3cnn(C)c3)CC2)NC(=O)N(CCc2cccs2)C1=O. The summed E-state index contributed by atoms with van der Waals surface area (Å²) in [4.78, 5) is 31.6. The molecule has 2 aromatic heterocycles. The van der Waals surface area contributed by atoms with Crippen LogP contribution in [0.3, 0.4) is 0 Å². The van der Waals surface area contributed by atoms with Crippen LogP contribution in [0.1, 0.15) is 43.6 Å². The summed E-state index contributed by atoms with van der Waals surface area (Å²) < 4.78 is 1.83. The van der Waals surface area contributed by atoms with E-state index in [-0.39, 0.29) is 17.9 Å². The summed E-state index contributed by atoms with van der Waals surface area (Å²) in [5.74, 6) is 0.478. The zero-order chi connectivity index (χ0) is 22.0. The number of nitrogens with zero attached hydrogens (tertiary/aromatic N) is 4. The lowest BCUT2D eigenvalue weighted by Gasteiger charge is -2.41. The van der Waals surface area contributed by atoms with E-state index in [1.165, 1.54) is 15.3 Å². The summed E-state index contributed by atoms with van der Waals surface area (Å²) in [6.45, 7) is 7.45. The first kappa shape index (κ1) is 22.0. The first-order valence-corrected chi connectivity index (χ1v) is 12.1. The van der Waals surface area contributed by atoms with Crippen LogP contribution >= 0.6 is 11.3 Å². The molecule has 3 amide bonds. The first-order valence-electron chi connectivity index (χ1n) is 11.2. The van der Waals surface area contributed by atoms with Gasteiger partial charge in [0.05, 0.1) is 6.20 Å². The number of carbonyl (C=O) groups is 2. The third kappa shape index (κ3) is 4.70. The molecule has 31 heavy (non-hydrogen) atoms. The molecule has 1 atom stereocenters. The third-order valence-corrected chi connectivity index (χ3v) is 7.48. The highest BCUT2D eigenvalue weighted by Crippen LogP contribution is 2.38. The van der Waals surface area contributed by atoms with Crippen LogP contribution in [0.2, 0.25) is 0 Å². The molecular weight excluding hydrogens is 410 g/mol. The highest BCUT2D eigenvalue weighted by Gasteiger charge is 2.55. The van der Waals surface area contributed by atoms with Gasteiger partial charge in [-0.2, -0.15) is 5.10 Å². The molecule has 1 N–H and O–H groups in total. The Labute approximate surface area is 188 Å². The lowest BCUT2D eigenvalue weighted by atomic mass is 9.73. The van der Waals surface area contributed by atoms with E-state index in [4.69, 9.17) is 0 Å². The lowest BCUT2D eigenvalue weighted by Crippen LogP contribution is -2.56. The summed E-state index contributed by atoms with van der Waals surface area (Å²) >= 11 is 1.67. The maximum atomic E-state index is 13.6. The Morgan fingerprint density at radius 3 is 2.68 bits per heavy atom. The van der Waals surface area contributed by atoms with Crippen LogP contribution in [0.4, 0.5) is 4.79 Å². The number of carbonyl (C=O) groups excluding carboxylic acids is 2. The Morgan fingerprint density at radius 2 is 2.06 bits per heavy atom. The minimum atomic E-state index is -0.763. The summed E-state index contributed by atoms with van der Waals surface area (Å²) in [5.41, 5.74) is 0.448. The monoisotopic (exact) mass is 443 g/mol. The Balaban J connectivity index is 1.44. The molecule has 2 fully saturated rings. The van der Waals surface area contributed by atoms with Crippen LogP contribution < -0.4 is 5.32 Å².